The summed E-state index contributed by atoms with van der Waals surface area (Å²) in [5, 5.41) is 0.362. The van der Waals surface area contributed by atoms with Crippen LogP contribution >= 0.6 is 15.9 Å². The van der Waals surface area contributed by atoms with Gasteiger partial charge < -0.3 is 4.90 Å². The Morgan fingerprint density at radius 3 is 2.45 bits per heavy atom. The van der Waals surface area contributed by atoms with E-state index in [1.54, 1.807) is 4.90 Å². The van der Waals surface area contributed by atoms with E-state index in [4.69, 9.17) is 0 Å². The molecule has 1 saturated heterocycles. The van der Waals surface area contributed by atoms with Crippen molar-refractivity contribution in [3.8, 4) is 0 Å². The molecule has 0 spiro atoms. The number of halogens is 1. The van der Waals surface area contributed by atoms with Gasteiger partial charge in [0, 0.05) is 25.9 Å². The number of carbonyl (C=O) groups excluding carboxylic acids is 2. The Morgan fingerprint density at radius 2 is 2.00 bits per heavy atom. The van der Waals surface area contributed by atoms with Crippen molar-refractivity contribution in [2.75, 3.05) is 18.4 Å². The van der Waals surface area contributed by atoms with Gasteiger partial charge in [-0.1, -0.05) is 15.9 Å². The molecule has 62 valence electrons. The molecule has 0 unspecified atom stereocenters. The number of hydrogen-bond acceptors (Lipinski definition) is 2. The van der Waals surface area contributed by atoms with Crippen LogP contribution in [0.2, 0.25) is 0 Å². The highest BCUT2D eigenvalue weighted by Gasteiger charge is 2.19. The van der Waals surface area contributed by atoms with Crippen molar-refractivity contribution >= 4 is 27.6 Å². The van der Waals surface area contributed by atoms with Gasteiger partial charge >= 0.3 is 0 Å². The number of Topliss-reactive ketones (excluding diaryl/α,β-unsaturated/α-hetero) is 1. The van der Waals surface area contributed by atoms with E-state index in [9.17, 15) is 9.59 Å². The molecule has 0 saturated carbocycles. The highest BCUT2D eigenvalue weighted by atomic mass is 79.9. The van der Waals surface area contributed by atoms with Crippen LogP contribution in [0.4, 0.5) is 0 Å². The molecule has 1 aliphatic rings. The van der Waals surface area contributed by atoms with Crippen LogP contribution < -0.4 is 0 Å². The van der Waals surface area contributed by atoms with E-state index in [1.807, 2.05) is 0 Å². The first kappa shape index (κ1) is 8.71. The van der Waals surface area contributed by atoms with Crippen LogP contribution in [0.15, 0.2) is 0 Å². The Kier molecular flexibility index (Phi) is 3.05. The number of alkyl halides is 1. The van der Waals surface area contributed by atoms with Crippen molar-refractivity contribution in [1.29, 1.82) is 0 Å². The zero-order valence-electron chi connectivity index (χ0n) is 6.18. The predicted molar refractivity (Wildman–Crippen MR) is 44.6 cm³/mol. The van der Waals surface area contributed by atoms with E-state index in [-0.39, 0.29) is 11.7 Å². The number of piperidine rings is 1. The zero-order chi connectivity index (χ0) is 8.27. The Morgan fingerprint density at radius 1 is 1.45 bits per heavy atom. The second-order valence-corrected chi connectivity index (χ2v) is 3.11. The molecule has 0 aromatic rings. The molecule has 1 heterocycles. The Bertz CT molecular complexity index is 171. The smallest absolute Gasteiger partial charge is 0.233 e. The Labute approximate surface area is 73.9 Å². The fourth-order valence-electron chi connectivity index (χ4n) is 1.09. The predicted octanol–water partition coefficient (Wildman–Crippen LogP) is 0.573. The summed E-state index contributed by atoms with van der Waals surface area (Å²) in [4.78, 5) is 23.5. The fraction of sp³-hybridized carbons (Fsp3) is 0.714. The lowest BCUT2D eigenvalue weighted by atomic mass is 10.1. The minimum absolute atomic E-state index is 0.0810. The van der Waals surface area contributed by atoms with Crippen LogP contribution in [0.5, 0.6) is 0 Å². The van der Waals surface area contributed by atoms with E-state index in [2.05, 4.69) is 15.9 Å². The normalized spacial score (nSPS) is 18.6. The molecule has 11 heavy (non-hydrogen) atoms. The van der Waals surface area contributed by atoms with Gasteiger partial charge in [0.15, 0.2) is 0 Å². The van der Waals surface area contributed by atoms with E-state index in [0.29, 0.717) is 31.3 Å². The molecule has 0 bridgehead atoms. The number of ketones is 1. The molecule has 0 N–H and O–H groups in total. The van der Waals surface area contributed by atoms with Crippen molar-refractivity contribution in [3.63, 3.8) is 0 Å². The first-order valence-corrected chi connectivity index (χ1v) is 4.71. The topological polar surface area (TPSA) is 37.4 Å². The van der Waals surface area contributed by atoms with Gasteiger partial charge in [-0.25, -0.2) is 0 Å². The number of amides is 1. The Balaban J connectivity index is 2.39. The van der Waals surface area contributed by atoms with E-state index >= 15 is 0 Å². The molecular weight excluding hydrogens is 210 g/mol. The summed E-state index contributed by atoms with van der Waals surface area (Å²) < 4.78 is 0. The average molecular weight is 220 g/mol. The Hall–Kier alpha value is -0.380. The lowest BCUT2D eigenvalue weighted by molar-refractivity contribution is -0.132. The maximum atomic E-state index is 11.0. The SMILES string of the molecule is O=C1CCN(C(=O)CBr)CC1. The van der Waals surface area contributed by atoms with Gasteiger partial charge in [-0.3, -0.25) is 9.59 Å². The quantitative estimate of drug-likeness (QED) is 0.606. The molecule has 0 aliphatic carbocycles. The second kappa shape index (κ2) is 3.85. The third-order valence-electron chi connectivity index (χ3n) is 1.79. The first-order chi connectivity index (χ1) is 5.24. The molecule has 0 aromatic heterocycles. The minimum Gasteiger partial charge on any atom is -0.341 e. The zero-order valence-corrected chi connectivity index (χ0v) is 7.76. The maximum Gasteiger partial charge on any atom is 0.233 e. The number of likely N-dealkylation sites (tertiary alicyclic amines) is 1. The summed E-state index contributed by atoms with van der Waals surface area (Å²) >= 11 is 3.09. The second-order valence-electron chi connectivity index (χ2n) is 2.55. The fourth-order valence-corrected chi connectivity index (χ4v) is 1.44. The molecular formula is C7H10BrNO2. The van der Waals surface area contributed by atoms with Gasteiger partial charge in [-0.2, -0.15) is 0 Å². The largest absolute Gasteiger partial charge is 0.341 e. The molecule has 3 nitrogen and oxygen atoms in total. The molecule has 4 heteroatoms. The number of nitrogens with zero attached hydrogens (tertiary/aromatic N) is 1. The molecule has 0 radical (unpaired) electrons. The van der Waals surface area contributed by atoms with Crippen LogP contribution in [0.3, 0.4) is 0 Å². The number of rotatable bonds is 1. The summed E-state index contributed by atoms with van der Waals surface area (Å²) in [6.45, 7) is 1.20. The van der Waals surface area contributed by atoms with E-state index in [0.717, 1.165) is 0 Å². The third-order valence-corrected chi connectivity index (χ3v) is 2.27. The standard InChI is InChI=1S/C7H10BrNO2/c8-5-7(11)9-3-1-6(10)2-4-9/h1-5H2. The van der Waals surface area contributed by atoms with Crippen molar-refractivity contribution in [2.45, 2.75) is 12.8 Å². The lowest BCUT2D eigenvalue weighted by Crippen LogP contribution is -2.39. The number of hydrogen-bond donors (Lipinski definition) is 0. The van der Waals surface area contributed by atoms with Crippen LogP contribution in [0, 0.1) is 0 Å². The van der Waals surface area contributed by atoms with Gasteiger partial charge in [0.2, 0.25) is 5.91 Å². The highest BCUT2D eigenvalue weighted by Crippen LogP contribution is 2.06. The summed E-state index contributed by atoms with van der Waals surface area (Å²) in [5.74, 6) is 0.348. The molecule has 0 aromatic carbocycles. The number of carbonyl (C=O) groups is 2. The van der Waals surface area contributed by atoms with E-state index < -0.39 is 0 Å². The van der Waals surface area contributed by atoms with Gasteiger partial charge in [0.1, 0.15) is 5.78 Å². The molecule has 1 rings (SSSR count). The molecule has 1 fully saturated rings. The average Bonchev–Trinajstić information content (AvgIpc) is 2.05. The molecule has 0 atom stereocenters. The van der Waals surface area contributed by atoms with Crippen LogP contribution in [-0.2, 0) is 9.59 Å². The van der Waals surface area contributed by atoms with Crippen molar-refractivity contribution in [1.82, 2.24) is 4.90 Å². The highest BCUT2D eigenvalue weighted by molar-refractivity contribution is 9.09. The molecule has 1 amide bonds. The van der Waals surface area contributed by atoms with Gasteiger partial charge in [-0.05, 0) is 0 Å². The first-order valence-electron chi connectivity index (χ1n) is 3.59. The van der Waals surface area contributed by atoms with Gasteiger partial charge in [0.05, 0.1) is 5.33 Å². The van der Waals surface area contributed by atoms with Gasteiger partial charge in [-0.15, -0.1) is 0 Å². The minimum atomic E-state index is 0.0810. The van der Waals surface area contributed by atoms with Crippen molar-refractivity contribution < 1.29 is 9.59 Å². The third kappa shape index (κ3) is 2.29. The van der Waals surface area contributed by atoms with Crippen LogP contribution in [0.25, 0.3) is 0 Å². The van der Waals surface area contributed by atoms with Crippen molar-refractivity contribution in [2.24, 2.45) is 0 Å². The maximum absolute atomic E-state index is 11.0. The van der Waals surface area contributed by atoms with Crippen LogP contribution in [-0.4, -0.2) is 35.0 Å². The lowest BCUT2D eigenvalue weighted by Gasteiger charge is -2.25. The van der Waals surface area contributed by atoms with Crippen molar-refractivity contribution in [3.05, 3.63) is 0 Å². The monoisotopic (exact) mass is 219 g/mol. The summed E-state index contributed by atoms with van der Waals surface area (Å²) in [5.41, 5.74) is 0. The molecule has 1 aliphatic heterocycles. The summed E-state index contributed by atoms with van der Waals surface area (Å²) in [7, 11) is 0. The van der Waals surface area contributed by atoms with Crippen LogP contribution in [0.1, 0.15) is 12.8 Å². The van der Waals surface area contributed by atoms with E-state index in [1.165, 1.54) is 0 Å². The summed E-state index contributed by atoms with van der Waals surface area (Å²) in [6.07, 6.45) is 1.05. The van der Waals surface area contributed by atoms with Gasteiger partial charge in [0.25, 0.3) is 0 Å². The summed E-state index contributed by atoms with van der Waals surface area (Å²) in [6, 6.07) is 0.